The van der Waals surface area contributed by atoms with E-state index in [1.807, 2.05) is 5.51 Å². The topological polar surface area (TPSA) is 78.8 Å². The largest absolute Gasteiger partial charge is 0.490 e. The zero-order chi connectivity index (χ0) is 18.5. The van der Waals surface area contributed by atoms with Crippen LogP contribution in [0.3, 0.4) is 0 Å². The van der Waals surface area contributed by atoms with E-state index in [2.05, 4.69) is 27.0 Å². The molecular formula is C14H21F3N4O3S. The Balaban J connectivity index is 0.000000277. The minimum Gasteiger partial charge on any atom is -0.475 e. The first kappa shape index (κ1) is 19.9. The molecule has 0 bridgehead atoms. The van der Waals surface area contributed by atoms with E-state index in [-0.39, 0.29) is 5.41 Å². The number of hydrogen-bond acceptors (Lipinski definition) is 7. The summed E-state index contributed by atoms with van der Waals surface area (Å²) in [6.07, 6.45) is -2.61. The van der Waals surface area contributed by atoms with Crippen molar-refractivity contribution in [2.24, 2.45) is 5.41 Å². The normalized spacial score (nSPS) is 25.2. The molecule has 0 amide bonds. The van der Waals surface area contributed by atoms with Crippen LogP contribution >= 0.6 is 11.3 Å². The molecule has 1 aromatic heterocycles. The van der Waals surface area contributed by atoms with E-state index in [4.69, 9.17) is 14.6 Å². The molecule has 3 heterocycles. The van der Waals surface area contributed by atoms with Gasteiger partial charge in [-0.25, -0.2) is 4.79 Å². The van der Waals surface area contributed by atoms with E-state index in [1.165, 1.54) is 12.8 Å². The van der Waals surface area contributed by atoms with Gasteiger partial charge in [-0.1, -0.05) is 11.3 Å². The van der Waals surface area contributed by atoms with Gasteiger partial charge in [-0.05, 0) is 19.9 Å². The lowest BCUT2D eigenvalue weighted by molar-refractivity contribution is -0.192. The summed E-state index contributed by atoms with van der Waals surface area (Å²) in [4.78, 5) is 13.7. The van der Waals surface area contributed by atoms with Crippen molar-refractivity contribution in [2.75, 3.05) is 51.3 Å². The average molecular weight is 382 g/mol. The van der Waals surface area contributed by atoms with E-state index < -0.39 is 12.1 Å². The summed E-state index contributed by atoms with van der Waals surface area (Å²) in [5.41, 5.74) is 2.08. The second-order valence-electron chi connectivity index (χ2n) is 6.34. The number of nitrogens with zero attached hydrogens (tertiary/aromatic N) is 4. The molecular weight excluding hydrogens is 361 g/mol. The van der Waals surface area contributed by atoms with E-state index in [1.54, 1.807) is 11.3 Å². The van der Waals surface area contributed by atoms with E-state index >= 15 is 0 Å². The number of anilines is 1. The lowest BCUT2D eigenvalue weighted by Gasteiger charge is -2.42. The maximum Gasteiger partial charge on any atom is 0.490 e. The molecule has 2 saturated heterocycles. The molecule has 0 aromatic carbocycles. The van der Waals surface area contributed by atoms with Crippen LogP contribution in [0.1, 0.15) is 12.8 Å². The van der Waals surface area contributed by atoms with Gasteiger partial charge < -0.3 is 19.6 Å². The Labute approximate surface area is 147 Å². The van der Waals surface area contributed by atoms with Crippen molar-refractivity contribution in [3.05, 3.63) is 5.51 Å². The number of piperidine rings is 1. The molecule has 0 radical (unpaired) electrons. The molecule has 2 fully saturated rings. The monoisotopic (exact) mass is 382 g/mol. The predicted octanol–water partition coefficient (Wildman–Crippen LogP) is 1.72. The summed E-state index contributed by atoms with van der Waals surface area (Å²) < 4.78 is 37.6. The third-order valence-corrected chi connectivity index (χ3v) is 4.90. The van der Waals surface area contributed by atoms with Crippen molar-refractivity contribution in [2.45, 2.75) is 19.0 Å². The Bertz CT molecular complexity index is 558. The van der Waals surface area contributed by atoms with Crippen LogP contribution in [0.15, 0.2) is 5.51 Å². The van der Waals surface area contributed by atoms with Gasteiger partial charge in [0, 0.05) is 31.6 Å². The van der Waals surface area contributed by atoms with Gasteiger partial charge >= 0.3 is 12.1 Å². The van der Waals surface area contributed by atoms with Crippen LogP contribution < -0.4 is 4.90 Å². The molecule has 11 heteroatoms. The van der Waals surface area contributed by atoms with Gasteiger partial charge in [0.1, 0.15) is 5.51 Å². The number of carboxylic acids is 1. The van der Waals surface area contributed by atoms with Gasteiger partial charge in [-0.15, -0.1) is 10.2 Å². The standard InChI is InChI=1S/C12H20N4OS.C2HF3O2/c1-15-5-6-17-9-12(7-15)3-2-4-16(8-12)11-14-13-10-18-11;3-2(4,5)1(6)7/h10H,2-9H2,1H3;(H,6,7). The van der Waals surface area contributed by atoms with Crippen molar-refractivity contribution in [3.63, 3.8) is 0 Å². The molecule has 25 heavy (non-hydrogen) atoms. The van der Waals surface area contributed by atoms with Crippen LogP contribution in [0.5, 0.6) is 0 Å². The first-order chi connectivity index (χ1) is 11.7. The minimum absolute atomic E-state index is 0.273. The summed E-state index contributed by atoms with van der Waals surface area (Å²) in [6.45, 7) is 6.06. The Morgan fingerprint density at radius 2 is 2.12 bits per heavy atom. The fraction of sp³-hybridized carbons (Fsp3) is 0.786. The van der Waals surface area contributed by atoms with Crippen LogP contribution in [0.2, 0.25) is 0 Å². The molecule has 0 aliphatic carbocycles. The summed E-state index contributed by atoms with van der Waals surface area (Å²) >= 11 is 1.63. The lowest BCUT2D eigenvalue weighted by atomic mass is 9.80. The second kappa shape index (κ2) is 8.28. The number of carbonyl (C=O) groups is 1. The van der Waals surface area contributed by atoms with Crippen molar-refractivity contribution in [1.82, 2.24) is 15.1 Å². The number of carboxylic acid groups (broad SMARTS) is 1. The highest BCUT2D eigenvalue weighted by Gasteiger charge is 2.39. The first-order valence-electron chi connectivity index (χ1n) is 7.79. The highest BCUT2D eigenvalue weighted by atomic mass is 32.1. The van der Waals surface area contributed by atoms with E-state index in [9.17, 15) is 13.2 Å². The molecule has 2 aliphatic heterocycles. The summed E-state index contributed by atoms with van der Waals surface area (Å²) in [7, 11) is 2.19. The molecule has 1 aromatic rings. The summed E-state index contributed by atoms with van der Waals surface area (Å²) in [6, 6.07) is 0. The fourth-order valence-electron chi connectivity index (χ4n) is 3.13. The maximum absolute atomic E-state index is 10.6. The van der Waals surface area contributed by atoms with Crippen LogP contribution in [0.25, 0.3) is 0 Å². The molecule has 1 atom stereocenters. The van der Waals surface area contributed by atoms with E-state index in [0.29, 0.717) is 0 Å². The second-order valence-corrected chi connectivity index (χ2v) is 7.15. The SMILES string of the molecule is CN1CCOCC2(CCCN(c3nncs3)C2)C1.O=C(O)C(F)(F)F. The fourth-order valence-corrected chi connectivity index (χ4v) is 3.72. The van der Waals surface area contributed by atoms with E-state index in [0.717, 1.165) is 44.5 Å². The Kier molecular flexibility index (Phi) is 6.58. The number of aliphatic carboxylic acids is 1. The number of aromatic nitrogens is 2. The predicted molar refractivity (Wildman–Crippen MR) is 85.8 cm³/mol. The zero-order valence-electron chi connectivity index (χ0n) is 13.8. The number of alkyl halides is 3. The van der Waals surface area contributed by atoms with Crippen molar-refractivity contribution >= 4 is 22.4 Å². The number of likely N-dealkylation sites (N-methyl/N-ethyl adjacent to an activating group) is 1. The van der Waals surface area contributed by atoms with Crippen LogP contribution in [-0.2, 0) is 9.53 Å². The van der Waals surface area contributed by atoms with Crippen LogP contribution in [0.4, 0.5) is 18.3 Å². The van der Waals surface area contributed by atoms with Gasteiger partial charge in [0.25, 0.3) is 0 Å². The molecule has 1 unspecified atom stereocenters. The third-order valence-electron chi connectivity index (χ3n) is 4.15. The van der Waals surface area contributed by atoms with Crippen molar-refractivity contribution in [1.29, 1.82) is 0 Å². The quantitative estimate of drug-likeness (QED) is 0.792. The molecule has 7 nitrogen and oxygen atoms in total. The maximum atomic E-state index is 10.6. The Hall–Kier alpha value is -1.46. The smallest absolute Gasteiger partial charge is 0.475 e. The Morgan fingerprint density at radius 3 is 2.72 bits per heavy atom. The molecule has 1 spiro atoms. The zero-order valence-corrected chi connectivity index (χ0v) is 14.6. The molecule has 142 valence electrons. The van der Waals surface area contributed by atoms with Crippen molar-refractivity contribution < 1.29 is 27.8 Å². The Morgan fingerprint density at radius 1 is 1.40 bits per heavy atom. The molecule has 3 rings (SSSR count). The minimum atomic E-state index is -5.08. The lowest BCUT2D eigenvalue weighted by Crippen LogP contribution is -2.50. The number of halogens is 3. The average Bonchev–Trinajstić information content (AvgIpc) is 3.00. The van der Waals surface area contributed by atoms with Gasteiger partial charge in [-0.2, -0.15) is 13.2 Å². The molecule has 2 aliphatic rings. The number of ether oxygens (including phenoxy) is 1. The summed E-state index contributed by atoms with van der Waals surface area (Å²) in [5, 5.41) is 16.3. The highest BCUT2D eigenvalue weighted by Crippen LogP contribution is 2.35. The first-order valence-corrected chi connectivity index (χ1v) is 8.67. The van der Waals surface area contributed by atoms with Gasteiger partial charge in [0.05, 0.1) is 13.2 Å². The van der Waals surface area contributed by atoms with Gasteiger partial charge in [-0.3, -0.25) is 0 Å². The molecule has 1 N–H and O–H groups in total. The third kappa shape index (κ3) is 5.79. The molecule has 0 saturated carbocycles. The van der Waals surface area contributed by atoms with Gasteiger partial charge in [0.15, 0.2) is 0 Å². The summed E-state index contributed by atoms with van der Waals surface area (Å²) in [5.74, 6) is -2.76. The van der Waals surface area contributed by atoms with Crippen LogP contribution in [0, 0.1) is 5.41 Å². The number of rotatable bonds is 1. The number of hydrogen-bond donors (Lipinski definition) is 1. The van der Waals surface area contributed by atoms with Gasteiger partial charge in [0.2, 0.25) is 5.13 Å². The highest BCUT2D eigenvalue weighted by molar-refractivity contribution is 7.13. The van der Waals surface area contributed by atoms with Crippen molar-refractivity contribution in [3.8, 4) is 0 Å². The van der Waals surface area contributed by atoms with Crippen LogP contribution in [-0.4, -0.2) is 78.8 Å².